The molecule has 10 atom stereocenters. The van der Waals surface area contributed by atoms with Crippen molar-refractivity contribution in [3.8, 4) is 0 Å². The van der Waals surface area contributed by atoms with Gasteiger partial charge in [0.1, 0.15) is 18.7 Å². The van der Waals surface area contributed by atoms with E-state index in [1.165, 1.54) is 31.1 Å². The number of likely N-dealkylation sites (tertiary alicyclic amines) is 1. The number of likely N-dealkylation sites (N-methyl/N-ethyl adjacent to an activating group) is 2. The van der Waals surface area contributed by atoms with Crippen molar-refractivity contribution >= 4 is 53.6 Å². The smallest absolute Gasteiger partial charge is 0.410 e. The van der Waals surface area contributed by atoms with E-state index < -0.39 is 90.7 Å². The second-order valence-corrected chi connectivity index (χ2v) is 19.3. The maximum absolute atomic E-state index is 14.2. The lowest BCUT2D eigenvalue weighted by atomic mass is 9.90. The van der Waals surface area contributed by atoms with Gasteiger partial charge in [0.2, 0.25) is 41.9 Å². The number of carbonyl (C=O) groups is 8. The summed E-state index contributed by atoms with van der Waals surface area (Å²) in [5.41, 5.74) is 1.70. The van der Waals surface area contributed by atoms with Gasteiger partial charge in [-0.3, -0.25) is 38.5 Å². The summed E-state index contributed by atoms with van der Waals surface area (Å²) < 4.78 is 17.4. The number of carbonyl (C=O) groups excluding carboxylic acids is 8. The summed E-state index contributed by atoms with van der Waals surface area (Å²) in [4.78, 5) is 109. The van der Waals surface area contributed by atoms with E-state index in [2.05, 4.69) is 26.6 Å². The fourth-order valence-electron chi connectivity index (χ4n) is 9.19. The molecule has 0 aliphatic carbocycles. The molecule has 1 saturated heterocycles. The molecule has 20 nitrogen and oxygen atoms in total. The number of nitrogens with zero attached hydrogens (tertiary/aromatic N) is 3. The van der Waals surface area contributed by atoms with Crippen LogP contribution in [0.2, 0.25) is 0 Å². The van der Waals surface area contributed by atoms with Crippen molar-refractivity contribution in [2.45, 2.75) is 136 Å². The van der Waals surface area contributed by atoms with Crippen LogP contribution in [0.4, 0.5) is 10.5 Å². The lowest BCUT2D eigenvalue weighted by Gasteiger charge is -2.39. The van der Waals surface area contributed by atoms with Gasteiger partial charge in [-0.15, -0.1) is 0 Å². The molecule has 0 aromatic heterocycles. The number of nitrogens with one attached hydrogen (secondary N) is 5. The normalized spacial score (nSPS) is 17.2. The third kappa shape index (κ3) is 17.0. The van der Waals surface area contributed by atoms with E-state index in [0.29, 0.717) is 49.0 Å². The molecule has 6 N–H and O–H groups in total. The molecule has 3 rings (SSSR count). The van der Waals surface area contributed by atoms with Crippen LogP contribution in [-0.4, -0.2) is 158 Å². The van der Waals surface area contributed by atoms with Gasteiger partial charge in [0, 0.05) is 40.5 Å². The van der Waals surface area contributed by atoms with E-state index in [1.807, 2.05) is 32.0 Å². The first-order valence-electron chi connectivity index (χ1n) is 24.8. The second kappa shape index (κ2) is 29.4. The number of aliphatic hydroxyl groups excluding tert-OH is 1. The fraction of sp³-hybridized carbons (Fsp3) is 0.615. The van der Waals surface area contributed by atoms with Crippen LogP contribution in [0.15, 0.2) is 54.6 Å². The highest BCUT2D eigenvalue weighted by atomic mass is 16.6. The molecule has 0 saturated carbocycles. The van der Waals surface area contributed by atoms with Gasteiger partial charge in [0.15, 0.2) is 0 Å². The number of ether oxygens (including phenoxy) is 3. The first-order valence-corrected chi connectivity index (χ1v) is 24.8. The van der Waals surface area contributed by atoms with Crippen LogP contribution in [0.3, 0.4) is 0 Å². The molecular weight excluding hydrogens is 929 g/mol. The minimum atomic E-state index is -1.00. The molecule has 1 heterocycles. The van der Waals surface area contributed by atoms with Crippen molar-refractivity contribution in [3.63, 3.8) is 0 Å². The largest absolute Gasteiger partial charge is 0.445 e. The lowest BCUT2D eigenvalue weighted by molar-refractivity contribution is -0.146. The molecule has 0 radical (unpaired) electrons. The summed E-state index contributed by atoms with van der Waals surface area (Å²) in [6, 6.07) is 12.2. The van der Waals surface area contributed by atoms with Gasteiger partial charge in [0.05, 0.1) is 61.9 Å². The van der Waals surface area contributed by atoms with Crippen LogP contribution in [0.5, 0.6) is 0 Å². The van der Waals surface area contributed by atoms with E-state index in [9.17, 15) is 43.5 Å². The zero-order valence-electron chi connectivity index (χ0n) is 44.1. The van der Waals surface area contributed by atoms with Crippen molar-refractivity contribution in [2.24, 2.45) is 23.7 Å². The van der Waals surface area contributed by atoms with E-state index in [-0.39, 0.29) is 49.1 Å². The Morgan fingerprint density at radius 2 is 1.46 bits per heavy atom. The topological polar surface area (TPSA) is 254 Å². The third-order valence-electron chi connectivity index (χ3n) is 13.5. The Balaban J connectivity index is 1.59. The first kappa shape index (κ1) is 60.2. The number of methoxy groups -OCH3 is 2. The van der Waals surface area contributed by atoms with Gasteiger partial charge < -0.3 is 55.7 Å². The maximum atomic E-state index is 14.2. The van der Waals surface area contributed by atoms with E-state index in [4.69, 9.17) is 14.2 Å². The Bertz CT molecular complexity index is 2090. The van der Waals surface area contributed by atoms with Crippen LogP contribution in [0.25, 0.3) is 0 Å². The van der Waals surface area contributed by atoms with E-state index in [1.54, 1.807) is 89.9 Å². The molecule has 1 aliphatic heterocycles. The Hall–Kier alpha value is -6.12. The zero-order valence-corrected chi connectivity index (χ0v) is 44.1. The molecule has 1 fully saturated rings. The van der Waals surface area contributed by atoms with Crippen molar-refractivity contribution in [1.29, 1.82) is 0 Å². The molecule has 2 aromatic carbocycles. The summed E-state index contributed by atoms with van der Waals surface area (Å²) in [7, 11) is 6.06. The molecule has 400 valence electrons. The summed E-state index contributed by atoms with van der Waals surface area (Å²) in [5.74, 6) is -3.85. The number of anilines is 1. The van der Waals surface area contributed by atoms with Crippen molar-refractivity contribution in [1.82, 2.24) is 36.0 Å². The minimum Gasteiger partial charge on any atom is -0.445 e. The number of hydrogen-bond acceptors (Lipinski definition) is 12. The number of rotatable bonds is 28. The summed E-state index contributed by atoms with van der Waals surface area (Å²) in [5, 5.41) is 24.1. The Morgan fingerprint density at radius 3 is 2.03 bits per heavy atom. The highest BCUT2D eigenvalue weighted by Crippen LogP contribution is 2.30. The summed E-state index contributed by atoms with van der Waals surface area (Å²) in [6.45, 7) is 14.1. The van der Waals surface area contributed by atoms with E-state index in [0.717, 1.165) is 0 Å². The van der Waals surface area contributed by atoms with Crippen LogP contribution in [-0.2, 0) is 54.4 Å². The minimum absolute atomic E-state index is 0.0601. The van der Waals surface area contributed by atoms with Crippen LogP contribution >= 0.6 is 0 Å². The van der Waals surface area contributed by atoms with Crippen molar-refractivity contribution in [3.05, 3.63) is 65.7 Å². The van der Waals surface area contributed by atoms with Gasteiger partial charge in [0.25, 0.3) is 0 Å². The lowest BCUT2D eigenvalue weighted by Crippen LogP contribution is -2.56. The van der Waals surface area contributed by atoms with Gasteiger partial charge in [-0.05, 0) is 60.8 Å². The molecule has 10 unspecified atom stereocenters. The van der Waals surface area contributed by atoms with E-state index >= 15 is 0 Å². The molecule has 2 aromatic rings. The molecule has 0 bridgehead atoms. The van der Waals surface area contributed by atoms with Crippen molar-refractivity contribution in [2.75, 3.05) is 53.3 Å². The average molecular weight is 1010 g/mol. The number of benzene rings is 2. The zero-order chi connectivity index (χ0) is 53.8. The Labute approximate surface area is 425 Å². The highest BCUT2D eigenvalue weighted by Gasteiger charge is 2.42. The molecular formula is C52H80N8O12. The predicted molar refractivity (Wildman–Crippen MR) is 271 cm³/mol. The summed E-state index contributed by atoms with van der Waals surface area (Å²) >= 11 is 0. The Morgan fingerprint density at radius 1 is 0.819 bits per heavy atom. The SMILES string of the molecule is CCC(C)C(C(CC(=O)N1CCCC1C(OC)C(C)C(=O)NC(C)C(O)c1ccccc1)OC)N(C)C(=O)CNC(=O)C(C(C)C)N(C)C(=O)OCc1ccc(NC(=O)CNC(=O)C(NC=O)C(C)C)cc1. The quantitative estimate of drug-likeness (QED) is 0.0672. The first-order chi connectivity index (χ1) is 34.1. The third-order valence-corrected chi connectivity index (χ3v) is 13.5. The monoisotopic (exact) mass is 1010 g/mol. The number of amides is 8. The van der Waals surface area contributed by atoms with Gasteiger partial charge in [-0.25, -0.2) is 4.79 Å². The van der Waals surface area contributed by atoms with Gasteiger partial charge in [-0.2, -0.15) is 0 Å². The summed E-state index contributed by atoms with van der Waals surface area (Å²) in [6.07, 6.45) is -0.722. The van der Waals surface area contributed by atoms with Crippen LogP contribution in [0, 0.1) is 23.7 Å². The molecule has 1 aliphatic rings. The molecule has 8 amide bonds. The number of hydrogen-bond donors (Lipinski definition) is 6. The molecule has 0 spiro atoms. The van der Waals surface area contributed by atoms with Gasteiger partial charge >= 0.3 is 6.09 Å². The standard InChI is InChI=1S/C52H80N8O12/c1-13-33(6)46(40(70-11)26-42(63)60-25-17-20-39(60)48(71-12)34(7)49(66)56-35(8)47(65)37-18-15-14-16-19-37)58(9)43(64)28-54-51(68)45(32(4)5)59(10)52(69)72-29-36-21-23-38(24-22-36)57-41(62)27-53-50(67)44(31(2)3)55-30-61/h14-16,18-19,21-24,30-35,39-40,44-48,65H,13,17,20,25-29H2,1-12H3,(H,53,67)(H,54,68)(H,55,61)(H,56,66)(H,57,62). The second-order valence-electron chi connectivity index (χ2n) is 19.3. The van der Waals surface area contributed by atoms with Gasteiger partial charge in [-0.1, -0.05) is 97.4 Å². The van der Waals surface area contributed by atoms with Crippen LogP contribution in [0.1, 0.15) is 98.3 Å². The Kier molecular flexibility index (Phi) is 24.6. The average Bonchev–Trinajstić information content (AvgIpc) is 3.85. The van der Waals surface area contributed by atoms with Crippen LogP contribution < -0.4 is 26.6 Å². The number of aliphatic hydroxyl groups is 1. The molecule has 72 heavy (non-hydrogen) atoms. The predicted octanol–water partition coefficient (Wildman–Crippen LogP) is 3.38. The van der Waals surface area contributed by atoms with Crippen molar-refractivity contribution < 1.29 is 57.7 Å². The maximum Gasteiger partial charge on any atom is 0.410 e. The molecule has 20 heteroatoms. The fourth-order valence-corrected chi connectivity index (χ4v) is 9.19. The highest BCUT2D eigenvalue weighted by molar-refractivity contribution is 5.95.